The van der Waals surface area contributed by atoms with Gasteiger partial charge in [-0.2, -0.15) is 0 Å². The first-order valence-corrected chi connectivity index (χ1v) is 4.54. The molecule has 0 aliphatic carbocycles. The molecule has 0 aromatic heterocycles. The number of phenolic OH excluding ortho intramolecular Hbond substituents is 1. The average Bonchev–Trinajstić information content (AvgIpc) is 2.10. The molecule has 0 heterocycles. The van der Waals surface area contributed by atoms with Crippen molar-refractivity contribution < 1.29 is 10.2 Å². The lowest BCUT2D eigenvalue weighted by Gasteiger charge is -2.12. The van der Waals surface area contributed by atoms with Crippen molar-refractivity contribution in [1.82, 2.24) is 0 Å². The summed E-state index contributed by atoms with van der Waals surface area (Å²) in [6, 6.07) is 3.48. The van der Waals surface area contributed by atoms with Crippen molar-refractivity contribution in [2.45, 2.75) is 19.8 Å². The van der Waals surface area contributed by atoms with Crippen molar-refractivity contribution in [3.05, 3.63) is 28.3 Å². The molecule has 0 amide bonds. The largest absolute Gasteiger partial charge is 0.506 e. The van der Waals surface area contributed by atoms with Crippen LogP contribution in [0.2, 0.25) is 5.02 Å². The van der Waals surface area contributed by atoms with Crippen LogP contribution < -0.4 is 0 Å². The molecule has 0 saturated carbocycles. The van der Waals surface area contributed by atoms with Crippen LogP contribution in [0.15, 0.2) is 12.1 Å². The number of aliphatic hydroxyl groups is 1. The SMILES string of the molecule is Cc1cc(O)c(Cl)c(C(C)CO)c1. The molecule has 2 nitrogen and oxygen atoms in total. The third-order valence-corrected chi connectivity index (χ3v) is 2.44. The molecule has 0 aliphatic heterocycles. The second kappa shape index (κ2) is 3.99. The highest BCUT2D eigenvalue weighted by atomic mass is 35.5. The Morgan fingerprint density at radius 2 is 2.08 bits per heavy atom. The molecule has 72 valence electrons. The van der Waals surface area contributed by atoms with Crippen LogP contribution in [0.4, 0.5) is 0 Å². The van der Waals surface area contributed by atoms with Crippen molar-refractivity contribution in [1.29, 1.82) is 0 Å². The molecule has 1 rings (SSSR count). The van der Waals surface area contributed by atoms with E-state index in [1.807, 2.05) is 19.9 Å². The van der Waals surface area contributed by atoms with Gasteiger partial charge in [-0.25, -0.2) is 0 Å². The third kappa shape index (κ3) is 2.14. The van der Waals surface area contributed by atoms with Gasteiger partial charge in [0.1, 0.15) is 5.75 Å². The summed E-state index contributed by atoms with van der Waals surface area (Å²) in [6.07, 6.45) is 0. The number of phenols is 1. The Morgan fingerprint density at radius 3 is 2.62 bits per heavy atom. The van der Waals surface area contributed by atoms with E-state index in [4.69, 9.17) is 16.7 Å². The summed E-state index contributed by atoms with van der Waals surface area (Å²) in [5, 5.41) is 18.7. The monoisotopic (exact) mass is 200 g/mol. The maximum Gasteiger partial charge on any atom is 0.134 e. The van der Waals surface area contributed by atoms with E-state index >= 15 is 0 Å². The van der Waals surface area contributed by atoms with Gasteiger partial charge in [0.25, 0.3) is 0 Å². The van der Waals surface area contributed by atoms with E-state index in [0.29, 0.717) is 5.02 Å². The van der Waals surface area contributed by atoms with Gasteiger partial charge in [0, 0.05) is 12.5 Å². The number of benzene rings is 1. The second-order valence-corrected chi connectivity index (χ2v) is 3.65. The maximum atomic E-state index is 9.41. The fraction of sp³-hybridized carbons (Fsp3) is 0.400. The molecule has 0 aliphatic rings. The number of aryl methyl sites for hydroxylation is 1. The molecule has 0 spiro atoms. The first-order chi connectivity index (χ1) is 6.06. The highest BCUT2D eigenvalue weighted by Crippen LogP contribution is 2.33. The van der Waals surface area contributed by atoms with Crippen LogP contribution >= 0.6 is 11.6 Å². The summed E-state index contributed by atoms with van der Waals surface area (Å²) < 4.78 is 0. The lowest BCUT2D eigenvalue weighted by atomic mass is 9.99. The van der Waals surface area contributed by atoms with Gasteiger partial charge >= 0.3 is 0 Å². The lowest BCUT2D eigenvalue weighted by molar-refractivity contribution is 0.273. The van der Waals surface area contributed by atoms with Gasteiger partial charge in [-0.05, 0) is 24.1 Å². The van der Waals surface area contributed by atoms with E-state index in [2.05, 4.69) is 0 Å². The van der Waals surface area contributed by atoms with Crippen molar-refractivity contribution in [3.63, 3.8) is 0 Å². The first kappa shape index (κ1) is 10.4. The van der Waals surface area contributed by atoms with E-state index in [0.717, 1.165) is 11.1 Å². The summed E-state index contributed by atoms with van der Waals surface area (Å²) >= 11 is 5.88. The zero-order chi connectivity index (χ0) is 10.0. The second-order valence-electron chi connectivity index (χ2n) is 3.27. The molecule has 0 bridgehead atoms. The Morgan fingerprint density at radius 1 is 1.46 bits per heavy atom. The Bertz CT molecular complexity index is 310. The highest BCUT2D eigenvalue weighted by Gasteiger charge is 2.12. The zero-order valence-corrected chi connectivity index (χ0v) is 8.47. The van der Waals surface area contributed by atoms with Crippen LogP contribution in [0.3, 0.4) is 0 Å². The molecule has 1 atom stereocenters. The van der Waals surface area contributed by atoms with E-state index in [-0.39, 0.29) is 18.3 Å². The van der Waals surface area contributed by atoms with E-state index in [1.165, 1.54) is 0 Å². The van der Waals surface area contributed by atoms with Gasteiger partial charge in [0.05, 0.1) is 5.02 Å². The molecular formula is C10H13ClO2. The highest BCUT2D eigenvalue weighted by molar-refractivity contribution is 6.32. The first-order valence-electron chi connectivity index (χ1n) is 4.16. The Balaban J connectivity index is 3.20. The number of aromatic hydroxyl groups is 1. The summed E-state index contributed by atoms with van der Waals surface area (Å²) in [5.74, 6) is 0.0373. The molecule has 1 aromatic carbocycles. The van der Waals surface area contributed by atoms with E-state index in [9.17, 15) is 5.11 Å². The Hall–Kier alpha value is -0.730. The van der Waals surface area contributed by atoms with E-state index < -0.39 is 0 Å². The number of halogens is 1. The van der Waals surface area contributed by atoms with Crippen LogP contribution in [0.5, 0.6) is 5.75 Å². The zero-order valence-electron chi connectivity index (χ0n) is 7.71. The molecule has 1 unspecified atom stereocenters. The van der Waals surface area contributed by atoms with Crippen LogP contribution in [0.1, 0.15) is 24.0 Å². The van der Waals surface area contributed by atoms with Gasteiger partial charge in [-0.1, -0.05) is 24.6 Å². The van der Waals surface area contributed by atoms with Crippen LogP contribution in [0.25, 0.3) is 0 Å². The van der Waals surface area contributed by atoms with Crippen LogP contribution in [-0.2, 0) is 0 Å². The fourth-order valence-electron chi connectivity index (χ4n) is 1.23. The minimum absolute atomic E-state index is 0.0304. The minimum atomic E-state index is -0.0432. The number of hydrogen-bond acceptors (Lipinski definition) is 2. The van der Waals surface area contributed by atoms with Gasteiger partial charge < -0.3 is 10.2 Å². The van der Waals surface area contributed by atoms with Gasteiger partial charge in [0.15, 0.2) is 0 Å². The molecule has 0 fully saturated rings. The molecule has 0 saturated heterocycles. The topological polar surface area (TPSA) is 40.5 Å². The predicted molar refractivity (Wildman–Crippen MR) is 53.4 cm³/mol. The summed E-state index contributed by atoms with van der Waals surface area (Å²) in [4.78, 5) is 0. The summed E-state index contributed by atoms with van der Waals surface area (Å²) in [5.41, 5.74) is 1.74. The molecule has 0 radical (unpaired) electrons. The van der Waals surface area contributed by atoms with Crippen molar-refractivity contribution in [2.24, 2.45) is 0 Å². The van der Waals surface area contributed by atoms with Gasteiger partial charge in [0.2, 0.25) is 0 Å². The molecule has 2 N–H and O–H groups in total. The quantitative estimate of drug-likeness (QED) is 0.770. The predicted octanol–water partition coefficient (Wildman–Crippen LogP) is 2.45. The summed E-state index contributed by atoms with van der Waals surface area (Å²) in [6.45, 7) is 3.77. The summed E-state index contributed by atoms with van der Waals surface area (Å²) in [7, 11) is 0. The Kier molecular flexibility index (Phi) is 3.17. The fourth-order valence-corrected chi connectivity index (χ4v) is 1.53. The molecule has 1 aromatic rings. The van der Waals surface area contributed by atoms with Crippen LogP contribution in [0, 0.1) is 6.92 Å². The maximum absolute atomic E-state index is 9.41. The third-order valence-electron chi connectivity index (χ3n) is 2.03. The van der Waals surface area contributed by atoms with Gasteiger partial charge in [-0.15, -0.1) is 0 Å². The van der Waals surface area contributed by atoms with Gasteiger partial charge in [-0.3, -0.25) is 0 Å². The molecular weight excluding hydrogens is 188 g/mol. The number of aliphatic hydroxyl groups excluding tert-OH is 1. The number of rotatable bonds is 2. The number of hydrogen-bond donors (Lipinski definition) is 2. The van der Waals surface area contributed by atoms with Crippen molar-refractivity contribution >= 4 is 11.6 Å². The molecule has 13 heavy (non-hydrogen) atoms. The van der Waals surface area contributed by atoms with Crippen molar-refractivity contribution in [3.8, 4) is 5.75 Å². The standard InChI is InChI=1S/C10H13ClO2/c1-6-3-8(7(2)5-12)10(11)9(13)4-6/h3-4,7,12-13H,5H2,1-2H3. The lowest BCUT2D eigenvalue weighted by Crippen LogP contribution is -2.00. The molecule has 3 heteroatoms. The van der Waals surface area contributed by atoms with Crippen LogP contribution in [-0.4, -0.2) is 16.8 Å². The minimum Gasteiger partial charge on any atom is -0.506 e. The van der Waals surface area contributed by atoms with Crippen molar-refractivity contribution in [2.75, 3.05) is 6.61 Å². The van der Waals surface area contributed by atoms with E-state index in [1.54, 1.807) is 6.07 Å². The Labute approximate surface area is 82.8 Å². The normalized spacial score (nSPS) is 12.9. The smallest absolute Gasteiger partial charge is 0.134 e. The average molecular weight is 201 g/mol.